The number of nitrogens with one attached hydrogen (secondary N) is 1. The maximum Gasteiger partial charge on any atom is 0.321 e. The minimum absolute atomic E-state index is 0.110. The summed E-state index contributed by atoms with van der Waals surface area (Å²) in [6.07, 6.45) is 1.43. The van der Waals surface area contributed by atoms with Crippen LogP contribution in [0.25, 0.3) is 17.5 Å². The Kier molecular flexibility index (Phi) is 6.30. The molecule has 3 rings (SSSR count). The Morgan fingerprint density at radius 2 is 1.71 bits per heavy atom. The number of hydrogen-bond donors (Lipinski definition) is 1. The Morgan fingerprint density at radius 3 is 2.43 bits per heavy atom. The molecule has 28 heavy (non-hydrogen) atoms. The van der Waals surface area contributed by atoms with E-state index in [1.807, 2.05) is 24.3 Å². The fourth-order valence-electron chi connectivity index (χ4n) is 2.14. The normalized spacial score (nSPS) is 11.6. The number of benzene rings is 2. The van der Waals surface area contributed by atoms with Crippen LogP contribution in [0, 0.1) is 0 Å². The predicted molar refractivity (Wildman–Crippen MR) is 102 cm³/mol. The number of nitrogens with zero attached hydrogens (tertiary/aromatic N) is 2. The smallest absolute Gasteiger partial charge is 0.321 e. The Bertz CT molecular complexity index is 1050. The number of esters is 1. The summed E-state index contributed by atoms with van der Waals surface area (Å²) in [6.45, 7) is -0.763. The van der Waals surface area contributed by atoms with E-state index in [-0.39, 0.29) is 12.5 Å². The molecule has 0 bridgehead atoms. The molecule has 0 saturated carbocycles. The van der Waals surface area contributed by atoms with Crippen LogP contribution in [-0.2, 0) is 26.2 Å². The van der Waals surface area contributed by atoms with Gasteiger partial charge in [0, 0.05) is 11.0 Å². The average Bonchev–Trinajstić information content (AvgIpc) is 3.20. The van der Waals surface area contributed by atoms with Crippen LogP contribution in [0.4, 0.5) is 0 Å². The minimum Gasteiger partial charge on any atom is -0.455 e. The summed E-state index contributed by atoms with van der Waals surface area (Å²) in [7, 11) is -3.77. The van der Waals surface area contributed by atoms with E-state index in [2.05, 4.69) is 14.9 Å². The number of carbonyl (C=O) groups is 1. The Hall–Kier alpha value is -3.30. The van der Waals surface area contributed by atoms with Crippen molar-refractivity contribution in [3.63, 3.8) is 0 Å². The van der Waals surface area contributed by atoms with Crippen molar-refractivity contribution >= 4 is 22.1 Å². The van der Waals surface area contributed by atoms with Gasteiger partial charge in [-0.15, -0.1) is 10.2 Å². The molecule has 0 unspecified atom stereocenters. The highest BCUT2D eigenvalue weighted by Gasteiger charge is 2.13. The van der Waals surface area contributed by atoms with Gasteiger partial charge in [0.1, 0.15) is 6.54 Å². The molecule has 0 spiro atoms. The molecule has 0 aliphatic carbocycles. The monoisotopic (exact) mass is 399 g/mol. The van der Waals surface area contributed by atoms with Crippen molar-refractivity contribution in [2.45, 2.75) is 6.61 Å². The summed E-state index contributed by atoms with van der Waals surface area (Å²) >= 11 is 0. The van der Waals surface area contributed by atoms with Crippen molar-refractivity contribution in [2.75, 3.05) is 6.54 Å². The van der Waals surface area contributed by atoms with Crippen molar-refractivity contribution in [2.24, 2.45) is 0 Å². The minimum atomic E-state index is -3.77. The molecule has 9 heteroatoms. The lowest BCUT2D eigenvalue weighted by Gasteiger charge is -2.03. The number of aromatic nitrogens is 2. The van der Waals surface area contributed by atoms with Gasteiger partial charge in [-0.05, 0) is 23.8 Å². The molecule has 3 aromatic rings. The van der Waals surface area contributed by atoms with E-state index in [1.54, 1.807) is 36.4 Å². The number of hydrogen-bond acceptors (Lipinski definition) is 7. The summed E-state index contributed by atoms with van der Waals surface area (Å²) in [5.41, 5.74) is 1.46. The van der Waals surface area contributed by atoms with Gasteiger partial charge in [-0.3, -0.25) is 4.79 Å². The quantitative estimate of drug-likeness (QED) is 0.579. The molecule has 2 aromatic carbocycles. The highest BCUT2D eigenvalue weighted by atomic mass is 32.2. The van der Waals surface area contributed by atoms with Crippen LogP contribution in [0.3, 0.4) is 0 Å². The van der Waals surface area contributed by atoms with Gasteiger partial charge in [0.15, 0.2) is 6.61 Å². The second kappa shape index (κ2) is 9.07. The van der Waals surface area contributed by atoms with E-state index in [4.69, 9.17) is 9.15 Å². The molecule has 0 saturated heterocycles. The van der Waals surface area contributed by atoms with Gasteiger partial charge in [0.05, 0.1) is 0 Å². The van der Waals surface area contributed by atoms with Crippen molar-refractivity contribution in [1.82, 2.24) is 14.9 Å². The molecule has 0 atom stereocenters. The molecule has 1 N–H and O–H groups in total. The first-order valence-corrected chi connectivity index (χ1v) is 9.83. The lowest BCUT2D eigenvalue weighted by Crippen LogP contribution is -2.29. The van der Waals surface area contributed by atoms with Crippen molar-refractivity contribution in [3.05, 3.63) is 77.5 Å². The van der Waals surface area contributed by atoms with Crippen LogP contribution in [0.2, 0.25) is 0 Å². The zero-order valence-electron chi connectivity index (χ0n) is 14.7. The zero-order valence-corrected chi connectivity index (χ0v) is 15.5. The van der Waals surface area contributed by atoms with Crippen LogP contribution >= 0.6 is 0 Å². The van der Waals surface area contributed by atoms with E-state index in [0.29, 0.717) is 5.89 Å². The predicted octanol–water partition coefficient (Wildman–Crippen LogP) is 2.37. The fourth-order valence-corrected chi connectivity index (χ4v) is 2.89. The molecule has 0 radical (unpaired) electrons. The van der Waals surface area contributed by atoms with Crippen molar-refractivity contribution < 1.29 is 22.4 Å². The molecule has 1 heterocycles. The average molecular weight is 399 g/mol. The highest BCUT2D eigenvalue weighted by Crippen LogP contribution is 2.17. The first kappa shape index (κ1) is 19.5. The van der Waals surface area contributed by atoms with Gasteiger partial charge >= 0.3 is 5.97 Å². The molecule has 0 fully saturated rings. The first-order chi connectivity index (χ1) is 13.5. The maximum absolute atomic E-state index is 11.9. The topological polar surface area (TPSA) is 111 Å². The van der Waals surface area contributed by atoms with Gasteiger partial charge in [0.25, 0.3) is 5.89 Å². The number of rotatable bonds is 8. The van der Waals surface area contributed by atoms with Crippen LogP contribution in [0.5, 0.6) is 0 Å². The standard InChI is InChI=1S/C19H17N3O5S/c23-18(13-20-28(24,25)12-11-15-7-3-1-4-8-15)26-14-17-21-22-19(27-17)16-9-5-2-6-10-16/h1-12,20H,13-14H2. The number of ether oxygens (including phenoxy) is 1. The van der Waals surface area contributed by atoms with Crippen LogP contribution in [-0.4, -0.2) is 31.1 Å². The molecular weight excluding hydrogens is 382 g/mol. The largest absolute Gasteiger partial charge is 0.455 e. The summed E-state index contributed by atoms with van der Waals surface area (Å²) in [5.74, 6) is -0.353. The zero-order chi connectivity index (χ0) is 19.8. The van der Waals surface area contributed by atoms with Crippen LogP contribution in [0.1, 0.15) is 11.5 Å². The molecule has 0 aliphatic heterocycles. The molecule has 8 nitrogen and oxygen atoms in total. The number of carbonyl (C=O) groups excluding carboxylic acids is 1. The van der Waals surface area contributed by atoms with E-state index in [1.165, 1.54) is 6.08 Å². The summed E-state index contributed by atoms with van der Waals surface area (Å²) in [5, 5.41) is 8.65. The second-order valence-corrected chi connectivity index (χ2v) is 7.26. The third kappa shape index (κ3) is 5.86. The van der Waals surface area contributed by atoms with Gasteiger partial charge in [-0.25, -0.2) is 13.1 Å². The second-order valence-electron chi connectivity index (χ2n) is 5.61. The van der Waals surface area contributed by atoms with E-state index in [9.17, 15) is 13.2 Å². The molecule has 144 valence electrons. The van der Waals surface area contributed by atoms with E-state index in [0.717, 1.165) is 16.5 Å². The van der Waals surface area contributed by atoms with Crippen LogP contribution in [0.15, 0.2) is 70.5 Å². The summed E-state index contributed by atoms with van der Waals surface area (Å²) in [6, 6.07) is 18.1. The lowest BCUT2D eigenvalue weighted by molar-refractivity contribution is -0.144. The van der Waals surface area contributed by atoms with E-state index < -0.39 is 22.5 Å². The molecule has 0 aliphatic rings. The Labute approximate surface area is 161 Å². The molecule has 0 amide bonds. The Balaban J connectivity index is 1.47. The summed E-state index contributed by atoms with van der Waals surface area (Å²) in [4.78, 5) is 11.8. The third-order valence-corrected chi connectivity index (χ3v) is 4.54. The van der Waals surface area contributed by atoms with Crippen molar-refractivity contribution in [1.29, 1.82) is 0 Å². The SMILES string of the molecule is O=C(CNS(=O)(=O)C=Cc1ccccc1)OCc1nnc(-c2ccccc2)o1. The van der Waals surface area contributed by atoms with E-state index >= 15 is 0 Å². The van der Waals surface area contributed by atoms with Gasteiger partial charge in [-0.1, -0.05) is 48.5 Å². The first-order valence-electron chi connectivity index (χ1n) is 8.28. The molecular formula is C19H17N3O5S. The Morgan fingerprint density at radius 1 is 1.04 bits per heavy atom. The van der Waals surface area contributed by atoms with Gasteiger partial charge < -0.3 is 9.15 Å². The van der Waals surface area contributed by atoms with Crippen molar-refractivity contribution in [3.8, 4) is 11.5 Å². The number of sulfonamides is 1. The maximum atomic E-state index is 11.9. The lowest BCUT2D eigenvalue weighted by atomic mass is 10.2. The fraction of sp³-hybridized carbons (Fsp3) is 0.105. The highest BCUT2D eigenvalue weighted by molar-refractivity contribution is 7.92. The third-order valence-electron chi connectivity index (χ3n) is 3.50. The van der Waals surface area contributed by atoms with Crippen LogP contribution < -0.4 is 4.72 Å². The van der Waals surface area contributed by atoms with Gasteiger partial charge in [0.2, 0.25) is 15.9 Å². The van der Waals surface area contributed by atoms with Gasteiger partial charge in [-0.2, -0.15) is 0 Å². The molecule has 1 aromatic heterocycles. The summed E-state index contributed by atoms with van der Waals surface area (Å²) < 4.78 is 36.3.